The van der Waals surface area contributed by atoms with Gasteiger partial charge in [0.2, 0.25) is 5.89 Å². The average molecular weight is 378 g/mol. The number of carboxylic acid groups (broad SMARTS) is 1. The van der Waals surface area contributed by atoms with Crippen molar-refractivity contribution in [3.05, 3.63) is 51.2 Å². The van der Waals surface area contributed by atoms with Crippen LogP contribution in [-0.2, 0) is 11.3 Å². The molecule has 0 radical (unpaired) electrons. The van der Waals surface area contributed by atoms with Crippen molar-refractivity contribution in [1.29, 1.82) is 0 Å². The second-order valence-corrected chi connectivity index (χ2v) is 5.64. The number of ether oxygens (including phenoxy) is 1. The predicted octanol–water partition coefficient (Wildman–Crippen LogP) is 2.05. The number of hydrogen-bond donors (Lipinski definition) is 1. The van der Waals surface area contributed by atoms with E-state index in [4.69, 9.17) is 14.4 Å². The number of benzene rings is 1. The van der Waals surface area contributed by atoms with Crippen LogP contribution < -0.4 is 0 Å². The molecular formula is C16H18N4O7. The Bertz CT molecular complexity index is 832. The molecule has 2 aromatic rings. The van der Waals surface area contributed by atoms with E-state index in [1.165, 1.54) is 11.9 Å². The number of nitrogens with zero attached hydrogens (tertiary/aromatic N) is 4. The van der Waals surface area contributed by atoms with Gasteiger partial charge in [0, 0.05) is 31.4 Å². The highest BCUT2D eigenvalue weighted by Gasteiger charge is 2.22. The Kier molecular flexibility index (Phi) is 6.19. The van der Waals surface area contributed by atoms with Crippen molar-refractivity contribution >= 4 is 17.6 Å². The summed E-state index contributed by atoms with van der Waals surface area (Å²) < 4.78 is 10.4. The van der Waals surface area contributed by atoms with Crippen molar-refractivity contribution in [2.75, 3.05) is 13.7 Å². The molecule has 27 heavy (non-hydrogen) atoms. The molecule has 144 valence electrons. The van der Waals surface area contributed by atoms with E-state index in [-0.39, 0.29) is 29.7 Å². The quantitative estimate of drug-likeness (QED) is 0.538. The van der Waals surface area contributed by atoms with Gasteiger partial charge in [0.1, 0.15) is 6.10 Å². The Morgan fingerprint density at radius 1 is 1.37 bits per heavy atom. The minimum atomic E-state index is -1.37. The molecule has 11 heteroatoms. The van der Waals surface area contributed by atoms with Gasteiger partial charge in [0.05, 0.1) is 17.0 Å². The standard InChI is InChI=1S/C16H18N4O7/c1-4-26-9(2)14-17-13(27-18-14)8-19(3)15(21)10-5-11(16(22)23)7-12(6-10)20(24)25/h5-7,9H,4,8H2,1-3H3,(H,22,23). The van der Waals surface area contributed by atoms with Crippen molar-refractivity contribution in [3.63, 3.8) is 0 Å². The van der Waals surface area contributed by atoms with Crippen LogP contribution in [0.1, 0.15) is 52.4 Å². The highest BCUT2D eigenvalue weighted by Crippen LogP contribution is 2.19. The Hall–Kier alpha value is -3.34. The molecule has 0 aliphatic heterocycles. The summed E-state index contributed by atoms with van der Waals surface area (Å²) in [6.07, 6.45) is -0.372. The van der Waals surface area contributed by atoms with Crippen molar-refractivity contribution in [3.8, 4) is 0 Å². The number of non-ortho nitro benzene ring substituents is 1. The lowest BCUT2D eigenvalue weighted by Gasteiger charge is -2.15. The highest BCUT2D eigenvalue weighted by atomic mass is 16.6. The van der Waals surface area contributed by atoms with Crippen LogP contribution in [0.5, 0.6) is 0 Å². The fourth-order valence-electron chi connectivity index (χ4n) is 2.28. The lowest BCUT2D eigenvalue weighted by molar-refractivity contribution is -0.384. The highest BCUT2D eigenvalue weighted by molar-refractivity contribution is 5.98. The molecule has 1 unspecified atom stereocenters. The third-order valence-electron chi connectivity index (χ3n) is 3.61. The number of aromatic carboxylic acids is 1. The largest absolute Gasteiger partial charge is 0.478 e. The topological polar surface area (TPSA) is 149 Å². The first-order valence-electron chi connectivity index (χ1n) is 7.95. The minimum Gasteiger partial charge on any atom is -0.478 e. The minimum absolute atomic E-state index is 0.0597. The number of aromatic nitrogens is 2. The SMILES string of the molecule is CCOC(C)c1noc(CN(C)C(=O)c2cc(C(=O)O)cc([N+](=O)[O-])c2)n1. The molecule has 11 nitrogen and oxygen atoms in total. The number of carboxylic acids is 1. The summed E-state index contributed by atoms with van der Waals surface area (Å²) in [4.78, 5) is 39.2. The molecule has 1 atom stereocenters. The Labute approximate surface area is 153 Å². The normalized spacial score (nSPS) is 11.8. The van der Waals surface area contributed by atoms with E-state index in [9.17, 15) is 19.7 Å². The molecule has 0 fully saturated rings. The van der Waals surface area contributed by atoms with Gasteiger partial charge in [0.15, 0.2) is 5.82 Å². The van der Waals surface area contributed by atoms with E-state index in [0.717, 1.165) is 18.2 Å². The zero-order valence-electron chi connectivity index (χ0n) is 14.9. The number of hydrogen-bond acceptors (Lipinski definition) is 8. The molecule has 0 saturated heterocycles. The molecule has 1 amide bonds. The summed E-state index contributed by atoms with van der Waals surface area (Å²) in [6, 6.07) is 2.98. The van der Waals surface area contributed by atoms with Gasteiger partial charge in [0.25, 0.3) is 11.6 Å². The van der Waals surface area contributed by atoms with Crippen molar-refractivity contribution in [2.24, 2.45) is 0 Å². The van der Waals surface area contributed by atoms with E-state index in [2.05, 4.69) is 10.1 Å². The summed E-state index contributed by atoms with van der Waals surface area (Å²) in [5.74, 6) is -1.52. The third-order valence-corrected chi connectivity index (χ3v) is 3.61. The zero-order valence-corrected chi connectivity index (χ0v) is 14.9. The van der Waals surface area contributed by atoms with Gasteiger partial charge in [-0.2, -0.15) is 4.98 Å². The molecule has 1 heterocycles. The van der Waals surface area contributed by atoms with E-state index >= 15 is 0 Å². The van der Waals surface area contributed by atoms with Crippen molar-refractivity contribution in [2.45, 2.75) is 26.5 Å². The Morgan fingerprint density at radius 3 is 2.63 bits per heavy atom. The Morgan fingerprint density at radius 2 is 2.04 bits per heavy atom. The molecule has 0 aliphatic carbocycles. The van der Waals surface area contributed by atoms with Crippen LogP contribution in [0.2, 0.25) is 0 Å². The Balaban J connectivity index is 2.20. The monoisotopic (exact) mass is 378 g/mol. The smallest absolute Gasteiger partial charge is 0.335 e. The predicted molar refractivity (Wildman–Crippen MR) is 90.2 cm³/mol. The van der Waals surface area contributed by atoms with Crippen LogP contribution in [-0.4, -0.2) is 50.6 Å². The summed E-state index contributed by atoms with van der Waals surface area (Å²) in [5, 5.41) is 23.8. The molecule has 1 aromatic carbocycles. The number of nitro benzene ring substituents is 1. The second-order valence-electron chi connectivity index (χ2n) is 5.64. The fourth-order valence-corrected chi connectivity index (χ4v) is 2.28. The third kappa shape index (κ3) is 4.85. The first-order valence-corrected chi connectivity index (χ1v) is 7.95. The molecule has 0 spiro atoms. The van der Waals surface area contributed by atoms with Crippen molar-refractivity contribution in [1.82, 2.24) is 15.0 Å². The van der Waals surface area contributed by atoms with Gasteiger partial charge in [-0.25, -0.2) is 4.79 Å². The van der Waals surface area contributed by atoms with E-state index in [1.807, 2.05) is 6.92 Å². The summed E-state index contributed by atoms with van der Waals surface area (Å²) >= 11 is 0. The molecule has 0 saturated carbocycles. The van der Waals surface area contributed by atoms with Crippen molar-refractivity contribution < 1.29 is 28.9 Å². The van der Waals surface area contributed by atoms with E-state index in [0.29, 0.717) is 12.4 Å². The molecule has 1 N–H and O–H groups in total. The number of carbonyl (C=O) groups is 2. The van der Waals surface area contributed by atoms with Crippen LogP contribution in [0.3, 0.4) is 0 Å². The maximum atomic E-state index is 12.5. The van der Waals surface area contributed by atoms with E-state index in [1.54, 1.807) is 6.92 Å². The number of amides is 1. The second kappa shape index (κ2) is 8.36. The first-order chi connectivity index (χ1) is 12.7. The lowest BCUT2D eigenvalue weighted by Crippen LogP contribution is -2.26. The lowest BCUT2D eigenvalue weighted by atomic mass is 10.1. The van der Waals surface area contributed by atoms with Crippen LogP contribution in [0, 0.1) is 10.1 Å². The molecule has 2 rings (SSSR count). The molecule has 1 aromatic heterocycles. The fraction of sp³-hybridized carbons (Fsp3) is 0.375. The summed E-state index contributed by atoms with van der Waals surface area (Å²) in [5.41, 5.74) is -0.977. The van der Waals surface area contributed by atoms with Crippen LogP contribution in [0.4, 0.5) is 5.69 Å². The number of rotatable bonds is 8. The molecule has 0 aliphatic rings. The van der Waals surface area contributed by atoms with Gasteiger partial charge in [-0.05, 0) is 19.9 Å². The maximum absolute atomic E-state index is 12.5. The first kappa shape index (κ1) is 20.0. The van der Waals surface area contributed by atoms with Crippen LogP contribution in [0.15, 0.2) is 22.7 Å². The number of nitro groups is 1. The van der Waals surface area contributed by atoms with E-state index < -0.39 is 22.5 Å². The molecule has 0 bridgehead atoms. The number of carbonyl (C=O) groups excluding carboxylic acids is 1. The summed E-state index contributed by atoms with van der Waals surface area (Å²) in [6.45, 7) is 4.00. The van der Waals surface area contributed by atoms with Crippen LogP contribution in [0.25, 0.3) is 0 Å². The molecular weight excluding hydrogens is 360 g/mol. The zero-order chi connectivity index (χ0) is 20.1. The van der Waals surface area contributed by atoms with Gasteiger partial charge in [-0.3, -0.25) is 14.9 Å². The maximum Gasteiger partial charge on any atom is 0.335 e. The van der Waals surface area contributed by atoms with Gasteiger partial charge >= 0.3 is 5.97 Å². The van der Waals surface area contributed by atoms with Gasteiger partial charge < -0.3 is 19.3 Å². The summed E-state index contributed by atoms with van der Waals surface area (Å²) in [7, 11) is 1.43. The van der Waals surface area contributed by atoms with Gasteiger partial charge in [-0.1, -0.05) is 5.16 Å². The van der Waals surface area contributed by atoms with Crippen LogP contribution >= 0.6 is 0 Å². The average Bonchev–Trinajstić information content (AvgIpc) is 3.09. The van der Waals surface area contributed by atoms with Gasteiger partial charge in [-0.15, -0.1) is 0 Å².